The number of hydrogen-bond acceptors (Lipinski definition) is 4. The summed E-state index contributed by atoms with van der Waals surface area (Å²) in [5, 5.41) is 0. The second-order valence-electron chi connectivity index (χ2n) is 4.86. The molecule has 18 heavy (non-hydrogen) atoms. The molecule has 2 aliphatic rings. The molecule has 1 fully saturated rings. The molecule has 2 aliphatic heterocycles. The SMILES string of the molecule is COc1ccc2c(c1)C(=O)CC1(CCOCC1)O2. The smallest absolute Gasteiger partial charge is 0.170 e. The Morgan fingerprint density at radius 2 is 2.06 bits per heavy atom. The summed E-state index contributed by atoms with van der Waals surface area (Å²) in [7, 11) is 1.59. The van der Waals surface area contributed by atoms with Crippen molar-refractivity contribution in [2.24, 2.45) is 0 Å². The molecule has 0 aromatic heterocycles. The van der Waals surface area contributed by atoms with Crippen LogP contribution in [0.2, 0.25) is 0 Å². The number of benzene rings is 1. The van der Waals surface area contributed by atoms with Crippen LogP contribution in [0.25, 0.3) is 0 Å². The fourth-order valence-corrected chi connectivity index (χ4v) is 2.62. The van der Waals surface area contributed by atoms with E-state index in [4.69, 9.17) is 14.2 Å². The molecule has 0 bridgehead atoms. The Morgan fingerprint density at radius 1 is 1.28 bits per heavy atom. The van der Waals surface area contributed by atoms with Crippen molar-refractivity contribution in [3.63, 3.8) is 0 Å². The second kappa shape index (κ2) is 4.28. The standard InChI is InChI=1S/C14H16O4/c1-16-10-2-3-13-11(8-10)12(15)9-14(18-13)4-6-17-7-5-14/h2-3,8H,4-7,9H2,1H3. The molecule has 1 aromatic rings. The number of fused-ring (bicyclic) bond motifs is 1. The Kier molecular flexibility index (Phi) is 2.74. The third-order valence-corrected chi connectivity index (χ3v) is 3.70. The van der Waals surface area contributed by atoms with E-state index in [1.807, 2.05) is 12.1 Å². The molecule has 3 rings (SSSR count). The van der Waals surface area contributed by atoms with Crippen LogP contribution < -0.4 is 9.47 Å². The minimum absolute atomic E-state index is 0.136. The van der Waals surface area contributed by atoms with Crippen molar-refractivity contribution in [3.8, 4) is 11.5 Å². The predicted octanol–water partition coefficient (Wildman–Crippen LogP) is 2.21. The van der Waals surface area contributed by atoms with Crippen LogP contribution in [0.1, 0.15) is 29.6 Å². The summed E-state index contributed by atoms with van der Waals surface area (Å²) in [6.07, 6.45) is 2.00. The number of ether oxygens (including phenoxy) is 3. The van der Waals surface area contributed by atoms with Gasteiger partial charge in [-0.25, -0.2) is 0 Å². The van der Waals surface area contributed by atoms with E-state index < -0.39 is 0 Å². The molecule has 0 atom stereocenters. The Hall–Kier alpha value is -1.55. The first-order valence-corrected chi connectivity index (χ1v) is 6.20. The first-order valence-electron chi connectivity index (χ1n) is 6.20. The maximum Gasteiger partial charge on any atom is 0.170 e. The average molecular weight is 248 g/mol. The maximum absolute atomic E-state index is 12.3. The van der Waals surface area contributed by atoms with E-state index in [1.54, 1.807) is 13.2 Å². The first-order chi connectivity index (χ1) is 8.72. The van der Waals surface area contributed by atoms with E-state index in [1.165, 1.54) is 0 Å². The molecule has 2 heterocycles. The number of rotatable bonds is 1. The van der Waals surface area contributed by atoms with Gasteiger partial charge in [0.15, 0.2) is 5.78 Å². The monoisotopic (exact) mass is 248 g/mol. The highest BCUT2D eigenvalue weighted by Gasteiger charge is 2.41. The van der Waals surface area contributed by atoms with Gasteiger partial charge in [-0.1, -0.05) is 0 Å². The van der Waals surface area contributed by atoms with Crippen molar-refractivity contribution in [2.45, 2.75) is 24.9 Å². The van der Waals surface area contributed by atoms with Crippen LogP contribution in [-0.2, 0) is 4.74 Å². The maximum atomic E-state index is 12.3. The van der Waals surface area contributed by atoms with E-state index in [0.29, 0.717) is 36.7 Å². The molecule has 0 radical (unpaired) electrons. The van der Waals surface area contributed by atoms with Gasteiger partial charge in [-0.3, -0.25) is 4.79 Å². The van der Waals surface area contributed by atoms with E-state index in [-0.39, 0.29) is 11.4 Å². The summed E-state index contributed by atoms with van der Waals surface area (Å²) >= 11 is 0. The number of carbonyl (C=O) groups is 1. The lowest BCUT2D eigenvalue weighted by atomic mass is 9.84. The topological polar surface area (TPSA) is 44.8 Å². The highest BCUT2D eigenvalue weighted by Crippen LogP contribution is 2.39. The zero-order valence-electron chi connectivity index (χ0n) is 10.4. The van der Waals surface area contributed by atoms with E-state index >= 15 is 0 Å². The number of Topliss-reactive ketones (excluding diaryl/α,β-unsaturated/α-hetero) is 1. The molecule has 0 N–H and O–H groups in total. The first kappa shape index (κ1) is 11.5. The van der Waals surface area contributed by atoms with E-state index in [0.717, 1.165) is 12.8 Å². The van der Waals surface area contributed by atoms with E-state index in [9.17, 15) is 4.79 Å². The molecule has 1 aromatic carbocycles. The van der Waals surface area contributed by atoms with Crippen LogP contribution >= 0.6 is 0 Å². The van der Waals surface area contributed by atoms with Gasteiger partial charge in [0.2, 0.25) is 0 Å². The lowest BCUT2D eigenvalue weighted by Gasteiger charge is -2.40. The second-order valence-corrected chi connectivity index (χ2v) is 4.86. The zero-order chi connectivity index (χ0) is 12.6. The molecular formula is C14H16O4. The summed E-state index contributed by atoms with van der Waals surface area (Å²) in [6.45, 7) is 1.33. The molecule has 4 heteroatoms. The van der Waals surface area contributed by atoms with Gasteiger partial charge in [-0.15, -0.1) is 0 Å². The molecule has 0 aliphatic carbocycles. The van der Waals surface area contributed by atoms with Crippen molar-refractivity contribution in [3.05, 3.63) is 23.8 Å². The van der Waals surface area contributed by atoms with Crippen LogP contribution in [0.15, 0.2) is 18.2 Å². The minimum Gasteiger partial charge on any atom is -0.497 e. The van der Waals surface area contributed by atoms with Crippen LogP contribution in [0.3, 0.4) is 0 Å². The van der Waals surface area contributed by atoms with Gasteiger partial charge in [0, 0.05) is 12.8 Å². The third-order valence-electron chi connectivity index (χ3n) is 3.70. The van der Waals surface area contributed by atoms with Crippen LogP contribution in [0, 0.1) is 0 Å². The fraction of sp³-hybridized carbons (Fsp3) is 0.500. The molecule has 0 saturated carbocycles. The average Bonchev–Trinajstić information content (AvgIpc) is 2.39. The number of hydrogen-bond donors (Lipinski definition) is 0. The molecule has 0 amide bonds. The summed E-state index contributed by atoms with van der Waals surface area (Å²) in [6, 6.07) is 5.40. The van der Waals surface area contributed by atoms with Crippen molar-refractivity contribution in [1.29, 1.82) is 0 Å². The summed E-state index contributed by atoms with van der Waals surface area (Å²) in [4.78, 5) is 12.3. The fourth-order valence-electron chi connectivity index (χ4n) is 2.62. The third kappa shape index (κ3) is 1.86. The Bertz CT molecular complexity index is 475. The Labute approximate surface area is 106 Å². The minimum atomic E-state index is -0.350. The van der Waals surface area contributed by atoms with E-state index in [2.05, 4.69) is 0 Å². The molecule has 1 saturated heterocycles. The van der Waals surface area contributed by atoms with Crippen molar-refractivity contribution < 1.29 is 19.0 Å². The predicted molar refractivity (Wildman–Crippen MR) is 65.4 cm³/mol. The van der Waals surface area contributed by atoms with Crippen molar-refractivity contribution in [2.75, 3.05) is 20.3 Å². The van der Waals surface area contributed by atoms with Crippen molar-refractivity contribution >= 4 is 5.78 Å². The quantitative estimate of drug-likeness (QED) is 0.764. The van der Waals surface area contributed by atoms with Crippen molar-refractivity contribution in [1.82, 2.24) is 0 Å². The number of methoxy groups -OCH3 is 1. The number of carbonyl (C=O) groups excluding carboxylic acids is 1. The normalized spacial score (nSPS) is 21.3. The van der Waals surface area contributed by atoms with Crippen LogP contribution in [0.5, 0.6) is 11.5 Å². The summed E-state index contributed by atoms with van der Waals surface area (Å²) < 4.78 is 16.6. The Morgan fingerprint density at radius 3 is 2.78 bits per heavy atom. The van der Waals surface area contributed by atoms with Gasteiger partial charge < -0.3 is 14.2 Å². The Balaban J connectivity index is 1.95. The summed E-state index contributed by atoms with van der Waals surface area (Å²) in [5.74, 6) is 1.50. The highest BCUT2D eigenvalue weighted by molar-refractivity contribution is 6.00. The lowest BCUT2D eigenvalue weighted by Crippen LogP contribution is -2.46. The summed E-state index contributed by atoms with van der Waals surface area (Å²) in [5.41, 5.74) is 0.281. The van der Waals surface area contributed by atoms with Gasteiger partial charge in [0.1, 0.15) is 17.1 Å². The number of ketones is 1. The van der Waals surface area contributed by atoms with Gasteiger partial charge in [0.25, 0.3) is 0 Å². The molecule has 0 unspecified atom stereocenters. The largest absolute Gasteiger partial charge is 0.497 e. The zero-order valence-corrected chi connectivity index (χ0v) is 10.4. The van der Waals surface area contributed by atoms with Gasteiger partial charge in [-0.2, -0.15) is 0 Å². The lowest BCUT2D eigenvalue weighted by molar-refractivity contribution is -0.0504. The molecule has 1 spiro atoms. The van der Waals surface area contributed by atoms with Crippen LogP contribution in [0.4, 0.5) is 0 Å². The van der Waals surface area contributed by atoms with Crippen LogP contribution in [-0.4, -0.2) is 31.7 Å². The molecular weight excluding hydrogens is 232 g/mol. The molecule has 96 valence electrons. The molecule has 4 nitrogen and oxygen atoms in total. The van der Waals surface area contributed by atoms with Gasteiger partial charge >= 0.3 is 0 Å². The van der Waals surface area contributed by atoms with Gasteiger partial charge in [-0.05, 0) is 18.2 Å². The highest BCUT2D eigenvalue weighted by atomic mass is 16.5. The van der Waals surface area contributed by atoms with Gasteiger partial charge in [0.05, 0.1) is 32.3 Å².